The van der Waals surface area contributed by atoms with E-state index in [4.69, 9.17) is 4.74 Å². The van der Waals surface area contributed by atoms with Gasteiger partial charge in [-0.1, -0.05) is 24.6 Å². The number of aryl methyl sites for hydroxylation is 2. The molecule has 4 heterocycles. The van der Waals surface area contributed by atoms with Crippen molar-refractivity contribution in [2.24, 2.45) is 5.41 Å². The van der Waals surface area contributed by atoms with Gasteiger partial charge in [0.1, 0.15) is 18.2 Å². The second-order valence-electron chi connectivity index (χ2n) is 11.1. The fraction of sp³-hybridized carbons (Fsp3) is 0.600. The van der Waals surface area contributed by atoms with E-state index in [2.05, 4.69) is 32.3 Å². The van der Waals surface area contributed by atoms with E-state index in [9.17, 15) is 9.59 Å². The number of amides is 2. The minimum Gasteiger partial charge on any atom is -0.491 e. The van der Waals surface area contributed by atoms with Crippen molar-refractivity contribution in [3.8, 4) is 5.75 Å². The molecule has 5 rings (SSSR count). The average Bonchev–Trinajstić information content (AvgIpc) is 2.94. The number of para-hydroxylation sites is 1. The molecule has 2 aromatic rings. The number of nitrogens with zero attached hydrogens (tertiary/aromatic N) is 4. The number of hydrogen-bond donors (Lipinski definition) is 1. The third-order valence-electron chi connectivity index (χ3n) is 8.59. The molecule has 1 unspecified atom stereocenters. The average molecular weight is 520 g/mol. The van der Waals surface area contributed by atoms with Gasteiger partial charge in [-0.15, -0.1) is 0 Å². The molecule has 3 aliphatic rings. The molecule has 204 valence electrons. The number of rotatable bonds is 3. The number of carbonyl (C=O) groups excluding carboxylic acids is 2. The molecule has 1 aromatic carbocycles. The quantitative estimate of drug-likeness (QED) is 0.663. The van der Waals surface area contributed by atoms with Crippen LogP contribution in [0.3, 0.4) is 0 Å². The zero-order valence-electron chi connectivity index (χ0n) is 22.7. The van der Waals surface area contributed by atoms with Crippen LogP contribution in [0.1, 0.15) is 74.5 Å². The van der Waals surface area contributed by atoms with E-state index in [0.717, 1.165) is 94.7 Å². The summed E-state index contributed by atoms with van der Waals surface area (Å²) in [6.45, 7) is 5.60. The van der Waals surface area contributed by atoms with Crippen LogP contribution in [0.4, 0.5) is 0 Å². The number of hydrogen-bond acceptors (Lipinski definition) is 6. The first-order valence-corrected chi connectivity index (χ1v) is 14.3. The minimum atomic E-state index is -0.357. The van der Waals surface area contributed by atoms with Crippen LogP contribution in [-0.2, 0) is 16.0 Å². The number of aromatic nitrogens is 2. The Balaban J connectivity index is 1.19. The summed E-state index contributed by atoms with van der Waals surface area (Å²) in [4.78, 5) is 40.0. The Morgan fingerprint density at radius 1 is 1.08 bits per heavy atom. The van der Waals surface area contributed by atoms with Gasteiger partial charge in [0.05, 0.1) is 30.2 Å². The van der Waals surface area contributed by atoms with Crippen molar-refractivity contribution in [3.63, 3.8) is 0 Å². The van der Waals surface area contributed by atoms with Gasteiger partial charge in [-0.25, -0.2) is 9.97 Å². The lowest BCUT2D eigenvalue weighted by Gasteiger charge is -2.42. The van der Waals surface area contributed by atoms with Crippen molar-refractivity contribution in [3.05, 3.63) is 53.6 Å². The predicted octanol–water partition coefficient (Wildman–Crippen LogP) is 3.84. The molecule has 2 amide bonds. The summed E-state index contributed by atoms with van der Waals surface area (Å²) in [5.74, 6) is 1.99. The largest absolute Gasteiger partial charge is 0.491 e. The molecule has 38 heavy (non-hydrogen) atoms. The van der Waals surface area contributed by atoms with E-state index in [1.165, 1.54) is 5.56 Å². The summed E-state index contributed by atoms with van der Waals surface area (Å²) in [6.07, 6.45) is 10.4. The van der Waals surface area contributed by atoms with E-state index in [0.29, 0.717) is 19.7 Å². The van der Waals surface area contributed by atoms with Crippen molar-refractivity contribution < 1.29 is 14.3 Å². The van der Waals surface area contributed by atoms with Gasteiger partial charge < -0.3 is 15.0 Å². The number of fused-ring (bicyclic) bond motifs is 1. The fourth-order valence-corrected chi connectivity index (χ4v) is 6.35. The van der Waals surface area contributed by atoms with Gasteiger partial charge in [0.15, 0.2) is 0 Å². The van der Waals surface area contributed by atoms with E-state index in [1.807, 2.05) is 30.0 Å². The lowest BCUT2D eigenvalue weighted by Crippen LogP contribution is -2.52. The van der Waals surface area contributed by atoms with Gasteiger partial charge in [0, 0.05) is 12.7 Å². The van der Waals surface area contributed by atoms with Gasteiger partial charge in [-0.2, -0.15) is 0 Å². The fourth-order valence-electron chi connectivity index (χ4n) is 6.35. The molecule has 2 fully saturated rings. The minimum absolute atomic E-state index is 0.0264. The third kappa shape index (κ3) is 6.17. The molecule has 1 spiro atoms. The Kier molecular flexibility index (Phi) is 8.57. The zero-order chi connectivity index (χ0) is 26.4. The Morgan fingerprint density at radius 3 is 2.76 bits per heavy atom. The predicted molar refractivity (Wildman–Crippen MR) is 146 cm³/mol. The molecular weight excluding hydrogens is 478 g/mol. The molecule has 1 atom stereocenters. The third-order valence-corrected chi connectivity index (χ3v) is 8.59. The van der Waals surface area contributed by atoms with Gasteiger partial charge in [0.2, 0.25) is 11.8 Å². The van der Waals surface area contributed by atoms with Crippen LogP contribution in [0.2, 0.25) is 0 Å². The van der Waals surface area contributed by atoms with Crippen LogP contribution in [0.25, 0.3) is 0 Å². The highest BCUT2D eigenvalue weighted by molar-refractivity contribution is 5.83. The van der Waals surface area contributed by atoms with E-state index < -0.39 is 0 Å². The number of likely N-dealkylation sites (tertiary alicyclic amines) is 2. The summed E-state index contributed by atoms with van der Waals surface area (Å²) in [6, 6.07) is 10.2. The van der Waals surface area contributed by atoms with Crippen molar-refractivity contribution in [1.29, 1.82) is 0 Å². The first-order chi connectivity index (χ1) is 18.5. The van der Waals surface area contributed by atoms with E-state index in [-0.39, 0.29) is 23.3 Å². The van der Waals surface area contributed by atoms with Crippen molar-refractivity contribution in [1.82, 2.24) is 25.1 Å². The zero-order valence-corrected chi connectivity index (χ0v) is 22.7. The highest BCUT2D eigenvalue weighted by atomic mass is 16.5. The first-order valence-electron chi connectivity index (χ1n) is 14.3. The van der Waals surface area contributed by atoms with Crippen molar-refractivity contribution >= 4 is 11.8 Å². The smallest absolute Gasteiger partial charge is 0.237 e. The number of benzene rings is 1. The van der Waals surface area contributed by atoms with Crippen LogP contribution < -0.4 is 10.1 Å². The highest BCUT2D eigenvalue weighted by Crippen LogP contribution is 2.38. The molecule has 1 N–H and O–H groups in total. The topological polar surface area (TPSA) is 87.7 Å². The molecule has 3 aliphatic heterocycles. The van der Waals surface area contributed by atoms with Crippen LogP contribution in [0.5, 0.6) is 5.75 Å². The van der Waals surface area contributed by atoms with Crippen LogP contribution in [0, 0.1) is 12.3 Å². The Hall–Kier alpha value is -3.00. The molecule has 2 saturated heterocycles. The molecule has 0 aliphatic carbocycles. The Bertz CT molecular complexity index is 1110. The van der Waals surface area contributed by atoms with Crippen LogP contribution >= 0.6 is 0 Å². The molecule has 0 bridgehead atoms. The van der Waals surface area contributed by atoms with E-state index in [1.54, 1.807) is 6.20 Å². The lowest BCUT2D eigenvalue weighted by molar-refractivity contribution is -0.138. The van der Waals surface area contributed by atoms with E-state index >= 15 is 0 Å². The monoisotopic (exact) mass is 519 g/mol. The molecule has 0 radical (unpaired) electrons. The van der Waals surface area contributed by atoms with Crippen LogP contribution in [0.15, 0.2) is 36.5 Å². The number of carbonyl (C=O) groups is 2. The number of nitrogens with one attached hydrogen (secondary N) is 1. The summed E-state index contributed by atoms with van der Waals surface area (Å²) < 4.78 is 5.98. The highest BCUT2D eigenvalue weighted by Gasteiger charge is 2.41. The molecular formula is C30H41N5O3. The lowest BCUT2D eigenvalue weighted by atomic mass is 9.73. The maximum absolute atomic E-state index is 13.5. The maximum atomic E-state index is 13.5. The summed E-state index contributed by atoms with van der Waals surface area (Å²) in [7, 11) is 0. The SMILES string of the molecule is Cc1nccc(C2CCCCN2C(=O)CN2CCC3(CCCCc4ccccc4OCCNC3=O)CC2)n1. The molecule has 8 nitrogen and oxygen atoms in total. The van der Waals surface area contributed by atoms with Crippen molar-refractivity contribution in [2.75, 3.05) is 39.3 Å². The van der Waals surface area contributed by atoms with Gasteiger partial charge >= 0.3 is 0 Å². The standard InChI is InChI=1S/C30H41N5O3/c1-23-31-16-12-25(33-23)26-10-5-7-18-35(26)28(36)22-34-19-14-30(15-20-34)13-6-4-9-24-8-2-3-11-27(24)38-21-17-32-29(30)37/h2-3,8,11-12,16,26H,4-7,9-10,13-15,17-22H2,1H3,(H,32,37). The second-order valence-corrected chi connectivity index (χ2v) is 11.1. The normalized spacial score (nSPS) is 22.9. The number of piperidine rings is 2. The molecule has 1 aromatic heterocycles. The van der Waals surface area contributed by atoms with Gasteiger partial charge in [0.25, 0.3) is 0 Å². The maximum Gasteiger partial charge on any atom is 0.237 e. The molecule has 0 saturated carbocycles. The second kappa shape index (κ2) is 12.2. The van der Waals surface area contributed by atoms with Gasteiger partial charge in [-0.05, 0) is 89.1 Å². The molecule has 8 heteroatoms. The summed E-state index contributed by atoms with van der Waals surface area (Å²) >= 11 is 0. The van der Waals surface area contributed by atoms with Gasteiger partial charge in [-0.3, -0.25) is 14.5 Å². The first kappa shape index (κ1) is 26.6. The van der Waals surface area contributed by atoms with Crippen LogP contribution in [-0.4, -0.2) is 70.9 Å². The Morgan fingerprint density at radius 2 is 1.92 bits per heavy atom. The Labute approximate surface area is 226 Å². The summed E-state index contributed by atoms with van der Waals surface area (Å²) in [5.41, 5.74) is 1.83. The number of ether oxygens (including phenoxy) is 1. The van der Waals surface area contributed by atoms with Crippen molar-refractivity contribution in [2.45, 2.75) is 70.8 Å². The summed E-state index contributed by atoms with van der Waals surface area (Å²) in [5, 5.41) is 3.16.